The first-order valence-electron chi connectivity index (χ1n) is 8.22. The molecular formula is C18H38N2O. The van der Waals surface area contributed by atoms with Gasteiger partial charge in [-0.1, -0.05) is 41.5 Å². The molecule has 2 amide bonds. The van der Waals surface area contributed by atoms with Crippen molar-refractivity contribution in [2.24, 2.45) is 10.8 Å². The molecule has 1 atom stereocenters. The molecule has 21 heavy (non-hydrogen) atoms. The lowest BCUT2D eigenvalue weighted by atomic mass is 9.65. The summed E-state index contributed by atoms with van der Waals surface area (Å²) in [7, 11) is 0. The summed E-state index contributed by atoms with van der Waals surface area (Å²) in [6.45, 7) is 21.8. The zero-order chi connectivity index (χ0) is 17.1. The van der Waals surface area contributed by atoms with Gasteiger partial charge in [0.1, 0.15) is 0 Å². The summed E-state index contributed by atoms with van der Waals surface area (Å²) >= 11 is 0. The van der Waals surface area contributed by atoms with E-state index in [9.17, 15) is 4.79 Å². The summed E-state index contributed by atoms with van der Waals surface area (Å²) in [6, 6.07) is -0.0691. The normalized spacial score (nSPS) is 16.3. The molecule has 0 aliphatic carbocycles. The van der Waals surface area contributed by atoms with Gasteiger partial charge in [0.2, 0.25) is 0 Å². The van der Waals surface area contributed by atoms with Crippen LogP contribution in [0.15, 0.2) is 0 Å². The smallest absolute Gasteiger partial charge is 0.315 e. The van der Waals surface area contributed by atoms with Crippen molar-refractivity contribution in [3.05, 3.63) is 0 Å². The Kier molecular flexibility index (Phi) is 6.35. The molecule has 1 unspecified atom stereocenters. The van der Waals surface area contributed by atoms with Gasteiger partial charge in [0.15, 0.2) is 0 Å². The van der Waals surface area contributed by atoms with E-state index in [1.165, 1.54) is 0 Å². The third-order valence-electron chi connectivity index (χ3n) is 5.02. The zero-order valence-corrected chi connectivity index (χ0v) is 16.0. The van der Waals surface area contributed by atoms with Crippen LogP contribution in [0.2, 0.25) is 0 Å². The fourth-order valence-electron chi connectivity index (χ4n) is 1.94. The Morgan fingerprint density at radius 1 is 0.810 bits per heavy atom. The van der Waals surface area contributed by atoms with Gasteiger partial charge in [-0.3, -0.25) is 0 Å². The highest BCUT2D eigenvalue weighted by Crippen LogP contribution is 2.42. The first kappa shape index (κ1) is 20.3. The zero-order valence-electron chi connectivity index (χ0n) is 16.0. The first-order valence-corrected chi connectivity index (χ1v) is 8.22. The molecule has 0 fully saturated rings. The lowest BCUT2D eigenvalue weighted by Gasteiger charge is -2.42. The van der Waals surface area contributed by atoms with Crippen LogP contribution in [0.4, 0.5) is 4.79 Å². The van der Waals surface area contributed by atoms with Crippen molar-refractivity contribution in [3.63, 3.8) is 0 Å². The summed E-state index contributed by atoms with van der Waals surface area (Å²) < 4.78 is 0. The van der Waals surface area contributed by atoms with E-state index in [0.717, 1.165) is 19.3 Å². The molecule has 0 saturated carbocycles. The number of rotatable bonds is 5. The van der Waals surface area contributed by atoms with E-state index in [1.807, 2.05) is 20.8 Å². The number of hydrogen-bond donors (Lipinski definition) is 2. The third-order valence-corrected chi connectivity index (χ3v) is 5.02. The van der Waals surface area contributed by atoms with E-state index in [1.54, 1.807) is 0 Å². The molecule has 0 aromatic carbocycles. The molecule has 126 valence electrons. The highest BCUT2D eigenvalue weighted by Gasteiger charge is 2.35. The van der Waals surface area contributed by atoms with Crippen LogP contribution < -0.4 is 10.6 Å². The summed E-state index contributed by atoms with van der Waals surface area (Å²) in [5.41, 5.74) is 0.141. The lowest BCUT2D eigenvalue weighted by Crippen LogP contribution is -2.54. The van der Waals surface area contributed by atoms with Crippen molar-refractivity contribution < 1.29 is 4.79 Å². The summed E-state index contributed by atoms with van der Waals surface area (Å²) in [4.78, 5) is 12.1. The monoisotopic (exact) mass is 298 g/mol. The maximum Gasteiger partial charge on any atom is 0.315 e. The van der Waals surface area contributed by atoms with Crippen molar-refractivity contribution in [3.8, 4) is 0 Å². The molecule has 0 bridgehead atoms. The number of hydrogen-bond acceptors (Lipinski definition) is 1. The van der Waals surface area contributed by atoms with Crippen molar-refractivity contribution in [2.75, 3.05) is 0 Å². The fourth-order valence-corrected chi connectivity index (χ4v) is 1.94. The average Bonchev–Trinajstić information content (AvgIpc) is 2.22. The van der Waals surface area contributed by atoms with E-state index in [4.69, 9.17) is 0 Å². The van der Waals surface area contributed by atoms with Crippen molar-refractivity contribution in [1.82, 2.24) is 10.6 Å². The quantitative estimate of drug-likeness (QED) is 0.728. The van der Waals surface area contributed by atoms with Gasteiger partial charge in [-0.05, 0) is 57.8 Å². The predicted octanol–water partition coefficient (Wildman–Crippen LogP) is 5.11. The minimum absolute atomic E-state index is 0.0691. The Balaban J connectivity index is 4.72. The SMILES string of the molecule is CCC(C)(CCC(C)(C)C(C)(C)C)NC(=O)NC(C)(C)C. The van der Waals surface area contributed by atoms with Crippen molar-refractivity contribution in [1.29, 1.82) is 0 Å². The maximum atomic E-state index is 12.1. The molecule has 3 heteroatoms. The van der Waals surface area contributed by atoms with Gasteiger partial charge in [-0.15, -0.1) is 0 Å². The molecule has 0 saturated heterocycles. The standard InChI is InChI=1S/C18H38N2O/c1-11-18(10,20-14(21)19-16(5,6)7)13-12-17(8,9)15(2,3)4/h11-13H2,1-10H3,(H2,19,20,21). The second-order valence-electron chi connectivity index (χ2n) is 9.38. The van der Waals surface area contributed by atoms with E-state index in [0.29, 0.717) is 0 Å². The number of nitrogens with one attached hydrogen (secondary N) is 2. The first-order chi connectivity index (χ1) is 9.12. The Morgan fingerprint density at radius 3 is 1.62 bits per heavy atom. The van der Waals surface area contributed by atoms with Crippen molar-refractivity contribution in [2.45, 2.75) is 99.6 Å². The lowest BCUT2D eigenvalue weighted by molar-refractivity contribution is 0.102. The summed E-state index contributed by atoms with van der Waals surface area (Å²) in [5.74, 6) is 0. The van der Waals surface area contributed by atoms with Gasteiger partial charge in [0, 0.05) is 11.1 Å². The molecule has 3 nitrogen and oxygen atoms in total. The Bertz CT molecular complexity index is 347. The molecule has 0 heterocycles. The minimum atomic E-state index is -0.205. The van der Waals surface area contributed by atoms with Crippen LogP contribution in [0, 0.1) is 10.8 Å². The second-order valence-corrected chi connectivity index (χ2v) is 9.38. The third kappa shape index (κ3) is 7.19. The topological polar surface area (TPSA) is 41.1 Å². The van der Waals surface area contributed by atoms with Crippen LogP contribution >= 0.6 is 0 Å². The number of amides is 2. The van der Waals surface area contributed by atoms with Crippen LogP contribution in [0.3, 0.4) is 0 Å². The number of carbonyl (C=O) groups is 1. The fraction of sp³-hybridized carbons (Fsp3) is 0.944. The number of carbonyl (C=O) groups excluding carboxylic acids is 1. The van der Waals surface area contributed by atoms with Gasteiger partial charge in [0.05, 0.1) is 0 Å². The Morgan fingerprint density at radius 2 is 1.29 bits per heavy atom. The summed E-state index contributed by atoms with van der Waals surface area (Å²) in [5, 5.41) is 6.16. The average molecular weight is 299 g/mol. The van der Waals surface area contributed by atoms with Crippen molar-refractivity contribution >= 4 is 6.03 Å². The number of urea groups is 1. The maximum absolute atomic E-state index is 12.1. The largest absolute Gasteiger partial charge is 0.334 e. The Labute approximate surface area is 132 Å². The van der Waals surface area contributed by atoms with Crippen LogP contribution in [-0.4, -0.2) is 17.1 Å². The van der Waals surface area contributed by atoms with Crippen LogP contribution in [0.25, 0.3) is 0 Å². The van der Waals surface area contributed by atoms with Gasteiger partial charge >= 0.3 is 6.03 Å². The highest BCUT2D eigenvalue weighted by molar-refractivity contribution is 5.75. The van der Waals surface area contributed by atoms with Gasteiger partial charge in [-0.25, -0.2) is 4.79 Å². The van der Waals surface area contributed by atoms with E-state index in [2.05, 4.69) is 59.1 Å². The van der Waals surface area contributed by atoms with Crippen LogP contribution in [0.1, 0.15) is 88.5 Å². The highest BCUT2D eigenvalue weighted by atomic mass is 16.2. The summed E-state index contributed by atoms with van der Waals surface area (Å²) in [6.07, 6.45) is 3.02. The van der Waals surface area contributed by atoms with Gasteiger partial charge < -0.3 is 10.6 Å². The second kappa shape index (κ2) is 6.58. The molecule has 0 aliphatic heterocycles. The van der Waals surface area contributed by atoms with Crippen LogP contribution in [-0.2, 0) is 0 Å². The molecule has 0 spiro atoms. The van der Waals surface area contributed by atoms with Gasteiger partial charge in [0.25, 0.3) is 0 Å². The Hall–Kier alpha value is -0.730. The van der Waals surface area contributed by atoms with Crippen LogP contribution in [0.5, 0.6) is 0 Å². The molecule has 2 N–H and O–H groups in total. The molecule has 0 aromatic rings. The molecule has 0 rings (SSSR count). The van der Waals surface area contributed by atoms with E-state index < -0.39 is 0 Å². The minimum Gasteiger partial charge on any atom is -0.334 e. The molecular weight excluding hydrogens is 260 g/mol. The van der Waals surface area contributed by atoms with Gasteiger partial charge in [-0.2, -0.15) is 0 Å². The predicted molar refractivity (Wildman–Crippen MR) is 92.6 cm³/mol. The van der Waals surface area contributed by atoms with E-state index >= 15 is 0 Å². The molecule has 0 aliphatic rings. The molecule has 0 aromatic heterocycles. The molecule has 0 radical (unpaired) electrons. The van der Waals surface area contributed by atoms with E-state index in [-0.39, 0.29) is 27.9 Å².